The van der Waals surface area contributed by atoms with Crippen molar-refractivity contribution in [3.63, 3.8) is 0 Å². The number of carbonyl (C=O) groups is 1. The van der Waals surface area contributed by atoms with E-state index < -0.39 is 5.60 Å². The number of rotatable bonds is 6. The van der Waals surface area contributed by atoms with Crippen LogP contribution in [0, 0.1) is 0 Å². The Kier molecular flexibility index (Phi) is 6.10. The summed E-state index contributed by atoms with van der Waals surface area (Å²) in [6.07, 6.45) is 3.40. The first-order chi connectivity index (χ1) is 12.1. The first-order valence-corrected chi connectivity index (χ1v) is 9.53. The molecule has 2 saturated heterocycles. The summed E-state index contributed by atoms with van der Waals surface area (Å²) in [5.74, 6) is -0.0641. The van der Waals surface area contributed by atoms with Crippen molar-refractivity contribution in [1.82, 2.24) is 14.7 Å². The summed E-state index contributed by atoms with van der Waals surface area (Å²) in [5, 5.41) is 11.0. The van der Waals surface area contributed by atoms with E-state index >= 15 is 0 Å². The molecule has 0 aromatic heterocycles. The van der Waals surface area contributed by atoms with Crippen molar-refractivity contribution in [2.75, 3.05) is 52.9 Å². The van der Waals surface area contributed by atoms with Crippen molar-refractivity contribution in [3.8, 4) is 0 Å². The van der Waals surface area contributed by atoms with Gasteiger partial charge in [0.25, 0.3) is 5.91 Å². The van der Waals surface area contributed by atoms with E-state index in [0.29, 0.717) is 13.0 Å². The minimum atomic E-state index is -1.19. The molecule has 1 aromatic carbocycles. The molecule has 1 unspecified atom stereocenters. The van der Waals surface area contributed by atoms with Crippen molar-refractivity contribution < 1.29 is 9.90 Å². The highest BCUT2D eigenvalue weighted by Crippen LogP contribution is 2.25. The Labute approximate surface area is 151 Å². The molecule has 1 atom stereocenters. The molecule has 5 nitrogen and oxygen atoms in total. The van der Waals surface area contributed by atoms with Crippen molar-refractivity contribution in [2.45, 2.75) is 31.3 Å². The highest BCUT2D eigenvalue weighted by Gasteiger charge is 2.43. The van der Waals surface area contributed by atoms with E-state index in [9.17, 15) is 9.90 Å². The minimum Gasteiger partial charge on any atom is -0.379 e. The Morgan fingerprint density at radius 3 is 2.52 bits per heavy atom. The molecular weight excluding hydrogens is 314 g/mol. The lowest BCUT2D eigenvalue weighted by Gasteiger charge is -2.42. The number of carbonyl (C=O) groups excluding carboxylic acids is 1. The molecule has 0 aliphatic carbocycles. The third-order valence-electron chi connectivity index (χ3n) is 5.52. The summed E-state index contributed by atoms with van der Waals surface area (Å²) >= 11 is 0. The molecule has 0 spiro atoms. The molecule has 2 aliphatic rings. The number of likely N-dealkylation sites (tertiary alicyclic amines) is 1. The van der Waals surface area contributed by atoms with E-state index in [4.69, 9.17) is 0 Å². The normalized spacial score (nSPS) is 26.2. The van der Waals surface area contributed by atoms with Crippen LogP contribution in [-0.2, 0) is 11.2 Å². The number of benzene rings is 1. The van der Waals surface area contributed by atoms with Gasteiger partial charge in [0, 0.05) is 45.8 Å². The fourth-order valence-corrected chi connectivity index (χ4v) is 3.92. The molecule has 0 radical (unpaired) electrons. The number of hydrogen-bond donors (Lipinski definition) is 1. The van der Waals surface area contributed by atoms with Gasteiger partial charge < -0.3 is 14.9 Å². The summed E-state index contributed by atoms with van der Waals surface area (Å²) in [7, 11) is 2.12. The molecule has 25 heavy (non-hydrogen) atoms. The summed E-state index contributed by atoms with van der Waals surface area (Å²) in [5.41, 5.74) is 0.112. The average molecular weight is 345 g/mol. The fourth-order valence-electron chi connectivity index (χ4n) is 3.92. The summed E-state index contributed by atoms with van der Waals surface area (Å²) in [6, 6.07) is 10.4. The third kappa shape index (κ3) is 4.81. The predicted octanol–water partition coefficient (Wildman–Crippen LogP) is 1.22. The number of β-amino-alcohol motifs (C(OH)–C–C–N with tert-alkyl or cyclic N) is 1. The number of piperidine rings is 1. The molecule has 2 fully saturated rings. The fraction of sp³-hybridized carbons (Fsp3) is 0.650. The Balaban J connectivity index is 1.51. The van der Waals surface area contributed by atoms with Crippen molar-refractivity contribution in [1.29, 1.82) is 0 Å². The lowest BCUT2D eigenvalue weighted by atomic mass is 9.90. The average Bonchev–Trinajstić information content (AvgIpc) is 2.62. The molecule has 1 aromatic rings. The van der Waals surface area contributed by atoms with Crippen LogP contribution in [0.4, 0.5) is 0 Å². The number of aliphatic hydroxyl groups is 1. The van der Waals surface area contributed by atoms with Crippen molar-refractivity contribution >= 4 is 5.91 Å². The minimum absolute atomic E-state index is 0.0641. The topological polar surface area (TPSA) is 47.0 Å². The van der Waals surface area contributed by atoms with Crippen LogP contribution < -0.4 is 0 Å². The summed E-state index contributed by atoms with van der Waals surface area (Å²) in [6.45, 7) is 5.86. The van der Waals surface area contributed by atoms with Crippen LogP contribution in [0.25, 0.3) is 0 Å². The van der Waals surface area contributed by atoms with Gasteiger partial charge in [-0.25, -0.2) is 0 Å². The molecule has 0 bridgehead atoms. The molecule has 2 heterocycles. The second kappa shape index (κ2) is 8.30. The van der Waals surface area contributed by atoms with Gasteiger partial charge in [0.1, 0.15) is 0 Å². The third-order valence-corrected chi connectivity index (χ3v) is 5.52. The Hall–Kier alpha value is -1.43. The lowest BCUT2D eigenvalue weighted by Crippen LogP contribution is -2.60. The maximum atomic E-state index is 12.9. The zero-order chi connectivity index (χ0) is 17.7. The first-order valence-electron chi connectivity index (χ1n) is 9.53. The van der Waals surface area contributed by atoms with Crippen LogP contribution in [0.15, 0.2) is 30.3 Å². The van der Waals surface area contributed by atoms with E-state index in [-0.39, 0.29) is 5.91 Å². The van der Waals surface area contributed by atoms with E-state index in [1.54, 1.807) is 0 Å². The molecule has 2 aliphatic heterocycles. The largest absolute Gasteiger partial charge is 0.379 e. The van der Waals surface area contributed by atoms with Gasteiger partial charge in [0.2, 0.25) is 0 Å². The molecule has 0 saturated carbocycles. The first kappa shape index (κ1) is 18.4. The lowest BCUT2D eigenvalue weighted by molar-refractivity contribution is -0.160. The van der Waals surface area contributed by atoms with Crippen LogP contribution in [0.3, 0.4) is 0 Å². The number of likely N-dealkylation sites (N-methyl/N-ethyl adjacent to an activating group) is 1. The summed E-state index contributed by atoms with van der Waals surface area (Å²) in [4.78, 5) is 19.3. The molecule has 5 heteroatoms. The van der Waals surface area contributed by atoms with E-state index in [1.807, 2.05) is 11.0 Å². The number of aryl methyl sites for hydroxylation is 1. The standard InChI is InChI=1S/C20H31N3O2/c1-21-13-15-22(16-14-21)17-20(25)10-6-12-23(19(20)24)11-5-9-18-7-3-2-4-8-18/h2-4,7-8,25H,5-6,9-17H2,1H3. The van der Waals surface area contributed by atoms with Crippen LogP contribution in [0.1, 0.15) is 24.8 Å². The number of nitrogens with zero attached hydrogens (tertiary/aromatic N) is 3. The predicted molar refractivity (Wildman–Crippen MR) is 99.5 cm³/mol. The smallest absolute Gasteiger partial charge is 0.255 e. The monoisotopic (exact) mass is 345 g/mol. The SMILES string of the molecule is CN1CCN(CC2(O)CCCN(CCCc3ccccc3)C2=O)CC1. The maximum Gasteiger partial charge on any atom is 0.255 e. The zero-order valence-electron chi connectivity index (χ0n) is 15.4. The number of amides is 1. The van der Waals surface area contributed by atoms with E-state index in [2.05, 4.69) is 41.1 Å². The molecular formula is C20H31N3O2. The van der Waals surface area contributed by atoms with Gasteiger partial charge in [-0.05, 0) is 38.3 Å². The Morgan fingerprint density at radius 1 is 1.08 bits per heavy atom. The Morgan fingerprint density at radius 2 is 1.80 bits per heavy atom. The second-order valence-electron chi connectivity index (χ2n) is 7.60. The van der Waals surface area contributed by atoms with Gasteiger partial charge in [0.05, 0.1) is 0 Å². The van der Waals surface area contributed by atoms with Crippen LogP contribution in [0.2, 0.25) is 0 Å². The van der Waals surface area contributed by atoms with Gasteiger partial charge in [-0.2, -0.15) is 0 Å². The van der Waals surface area contributed by atoms with Crippen molar-refractivity contribution in [3.05, 3.63) is 35.9 Å². The second-order valence-corrected chi connectivity index (χ2v) is 7.60. The van der Waals surface area contributed by atoms with Gasteiger partial charge in [0.15, 0.2) is 5.60 Å². The van der Waals surface area contributed by atoms with Crippen LogP contribution in [-0.4, -0.2) is 84.2 Å². The van der Waals surface area contributed by atoms with Crippen molar-refractivity contribution in [2.24, 2.45) is 0 Å². The van der Waals surface area contributed by atoms with Gasteiger partial charge >= 0.3 is 0 Å². The molecule has 1 N–H and O–H groups in total. The molecule has 1 amide bonds. The highest BCUT2D eigenvalue weighted by atomic mass is 16.3. The van der Waals surface area contributed by atoms with Crippen LogP contribution >= 0.6 is 0 Å². The molecule has 138 valence electrons. The zero-order valence-corrected chi connectivity index (χ0v) is 15.4. The maximum absolute atomic E-state index is 12.9. The van der Waals surface area contributed by atoms with Gasteiger partial charge in [-0.3, -0.25) is 9.69 Å². The van der Waals surface area contributed by atoms with Gasteiger partial charge in [-0.1, -0.05) is 30.3 Å². The van der Waals surface area contributed by atoms with Gasteiger partial charge in [-0.15, -0.1) is 0 Å². The summed E-state index contributed by atoms with van der Waals surface area (Å²) < 4.78 is 0. The Bertz CT molecular complexity index is 557. The van der Waals surface area contributed by atoms with E-state index in [1.165, 1.54) is 5.56 Å². The number of piperazine rings is 1. The highest BCUT2D eigenvalue weighted by molar-refractivity contribution is 5.86. The quantitative estimate of drug-likeness (QED) is 0.842. The van der Waals surface area contributed by atoms with Crippen LogP contribution in [0.5, 0.6) is 0 Å². The van der Waals surface area contributed by atoms with E-state index in [0.717, 1.165) is 58.5 Å². The number of hydrogen-bond acceptors (Lipinski definition) is 4. The molecule has 3 rings (SSSR count).